The molecule has 0 bridgehead atoms. The molecule has 0 saturated heterocycles. The van der Waals surface area contributed by atoms with Crippen LogP contribution in [-0.2, 0) is 4.79 Å². The van der Waals surface area contributed by atoms with E-state index in [1.807, 2.05) is 49.4 Å². The highest BCUT2D eigenvalue weighted by molar-refractivity contribution is 14.1. The molecule has 0 unspecified atom stereocenters. The second kappa shape index (κ2) is 8.17. The van der Waals surface area contributed by atoms with Crippen molar-refractivity contribution in [2.45, 2.75) is 26.7 Å². The third kappa shape index (κ3) is 5.33. The van der Waals surface area contributed by atoms with Gasteiger partial charge >= 0.3 is 0 Å². The maximum atomic E-state index is 11.9. The van der Waals surface area contributed by atoms with E-state index in [1.165, 1.54) is 11.1 Å². The number of rotatable bonds is 6. The van der Waals surface area contributed by atoms with Crippen molar-refractivity contribution in [1.82, 2.24) is 0 Å². The van der Waals surface area contributed by atoms with Crippen molar-refractivity contribution < 1.29 is 9.53 Å². The van der Waals surface area contributed by atoms with Crippen molar-refractivity contribution in [2.75, 3.05) is 11.9 Å². The highest BCUT2D eigenvalue weighted by Gasteiger charge is 2.04. The molecule has 4 heteroatoms. The van der Waals surface area contributed by atoms with Gasteiger partial charge in [-0.3, -0.25) is 4.79 Å². The largest absolute Gasteiger partial charge is 0.494 e. The number of halogens is 1. The number of benzene rings is 2. The Hall–Kier alpha value is -1.56. The summed E-state index contributed by atoms with van der Waals surface area (Å²) in [6.07, 6.45) is 1.15. The summed E-state index contributed by atoms with van der Waals surface area (Å²) < 4.78 is 6.77. The average Bonchev–Trinajstić information content (AvgIpc) is 2.49. The molecule has 0 aromatic heterocycles. The van der Waals surface area contributed by atoms with Crippen LogP contribution in [0.3, 0.4) is 0 Å². The number of carbonyl (C=O) groups excluding carboxylic acids is 1. The zero-order valence-corrected chi connectivity index (χ0v) is 15.0. The first-order chi connectivity index (χ1) is 10.5. The molecule has 0 fully saturated rings. The third-order valence-electron chi connectivity index (χ3n) is 3.29. The molecule has 0 heterocycles. The van der Waals surface area contributed by atoms with Crippen LogP contribution >= 0.6 is 22.6 Å². The molecule has 1 N–H and O–H groups in total. The van der Waals surface area contributed by atoms with E-state index in [2.05, 4.69) is 34.8 Å². The molecule has 0 spiro atoms. The number of hydrogen-bond donors (Lipinski definition) is 1. The fraction of sp³-hybridized carbons (Fsp3) is 0.278. The predicted molar refractivity (Wildman–Crippen MR) is 98.4 cm³/mol. The summed E-state index contributed by atoms with van der Waals surface area (Å²) >= 11 is 2.27. The fourth-order valence-corrected chi connectivity index (χ4v) is 2.47. The molecule has 0 radical (unpaired) electrons. The first-order valence-corrected chi connectivity index (χ1v) is 8.38. The standard InChI is InChI=1S/C18H20INO2/c1-13-5-9-16(10-6-13)22-11-3-4-18(21)20-15-8-7-14(2)17(19)12-15/h5-10,12H,3-4,11H2,1-2H3,(H,20,21). The van der Waals surface area contributed by atoms with Crippen LogP contribution in [0.1, 0.15) is 24.0 Å². The van der Waals surface area contributed by atoms with Crippen LogP contribution in [0, 0.1) is 17.4 Å². The smallest absolute Gasteiger partial charge is 0.224 e. The molecule has 0 aliphatic rings. The minimum atomic E-state index is 0.0205. The molecule has 2 aromatic carbocycles. The lowest BCUT2D eigenvalue weighted by atomic mass is 10.2. The predicted octanol–water partition coefficient (Wildman–Crippen LogP) is 4.71. The SMILES string of the molecule is Cc1ccc(OCCCC(=O)Nc2ccc(C)c(I)c2)cc1. The zero-order chi connectivity index (χ0) is 15.9. The van der Waals surface area contributed by atoms with Gasteiger partial charge in [0, 0.05) is 15.7 Å². The quantitative estimate of drug-likeness (QED) is 0.555. The second-order valence-electron chi connectivity index (χ2n) is 5.28. The van der Waals surface area contributed by atoms with E-state index < -0.39 is 0 Å². The summed E-state index contributed by atoms with van der Waals surface area (Å²) in [5, 5.41) is 2.92. The number of nitrogens with one attached hydrogen (secondary N) is 1. The van der Waals surface area contributed by atoms with E-state index >= 15 is 0 Å². The molecular formula is C18H20INO2. The molecule has 3 nitrogen and oxygen atoms in total. The maximum absolute atomic E-state index is 11.9. The van der Waals surface area contributed by atoms with Crippen molar-refractivity contribution in [3.63, 3.8) is 0 Å². The number of anilines is 1. The highest BCUT2D eigenvalue weighted by Crippen LogP contribution is 2.17. The van der Waals surface area contributed by atoms with Gasteiger partial charge in [-0.15, -0.1) is 0 Å². The van der Waals surface area contributed by atoms with Crippen LogP contribution in [0.4, 0.5) is 5.69 Å². The summed E-state index contributed by atoms with van der Waals surface area (Å²) in [6.45, 7) is 4.64. The summed E-state index contributed by atoms with van der Waals surface area (Å²) in [6, 6.07) is 13.8. The minimum absolute atomic E-state index is 0.0205. The molecule has 22 heavy (non-hydrogen) atoms. The molecule has 2 rings (SSSR count). The molecule has 0 saturated carbocycles. The summed E-state index contributed by atoms with van der Waals surface area (Å²) in [5.41, 5.74) is 3.27. The zero-order valence-electron chi connectivity index (χ0n) is 12.9. The van der Waals surface area contributed by atoms with E-state index in [0.717, 1.165) is 15.0 Å². The van der Waals surface area contributed by atoms with Gasteiger partial charge in [-0.1, -0.05) is 23.8 Å². The normalized spacial score (nSPS) is 10.3. The lowest BCUT2D eigenvalue weighted by molar-refractivity contribution is -0.116. The Kier molecular flexibility index (Phi) is 6.24. The lowest BCUT2D eigenvalue weighted by Gasteiger charge is -2.08. The van der Waals surface area contributed by atoms with E-state index in [1.54, 1.807) is 0 Å². The van der Waals surface area contributed by atoms with Crippen LogP contribution < -0.4 is 10.1 Å². The van der Waals surface area contributed by atoms with Gasteiger partial charge in [-0.25, -0.2) is 0 Å². The Morgan fingerprint density at radius 1 is 1.14 bits per heavy atom. The minimum Gasteiger partial charge on any atom is -0.494 e. The van der Waals surface area contributed by atoms with Gasteiger partial charge in [0.2, 0.25) is 5.91 Å². The second-order valence-corrected chi connectivity index (χ2v) is 6.44. The van der Waals surface area contributed by atoms with Gasteiger partial charge in [0.15, 0.2) is 0 Å². The van der Waals surface area contributed by atoms with Crippen LogP contribution in [0.25, 0.3) is 0 Å². The topological polar surface area (TPSA) is 38.3 Å². The van der Waals surface area contributed by atoms with Gasteiger partial charge in [-0.2, -0.15) is 0 Å². The van der Waals surface area contributed by atoms with Gasteiger partial charge in [0.05, 0.1) is 6.61 Å². The molecule has 0 aliphatic carbocycles. The molecule has 2 aromatic rings. The molecule has 0 aliphatic heterocycles. The Balaban J connectivity index is 1.71. The lowest BCUT2D eigenvalue weighted by Crippen LogP contribution is -2.13. The van der Waals surface area contributed by atoms with Gasteiger partial charge in [0.25, 0.3) is 0 Å². The highest BCUT2D eigenvalue weighted by atomic mass is 127. The van der Waals surface area contributed by atoms with Crippen molar-refractivity contribution >= 4 is 34.2 Å². The maximum Gasteiger partial charge on any atom is 0.224 e. The van der Waals surface area contributed by atoms with E-state index in [4.69, 9.17) is 4.74 Å². The number of amides is 1. The van der Waals surface area contributed by atoms with Crippen LogP contribution in [0.5, 0.6) is 5.75 Å². The van der Waals surface area contributed by atoms with Crippen molar-refractivity contribution in [3.8, 4) is 5.75 Å². The first-order valence-electron chi connectivity index (χ1n) is 7.30. The van der Waals surface area contributed by atoms with Gasteiger partial charge < -0.3 is 10.1 Å². The monoisotopic (exact) mass is 409 g/mol. The Bertz CT molecular complexity index is 638. The Morgan fingerprint density at radius 3 is 2.55 bits per heavy atom. The van der Waals surface area contributed by atoms with Crippen LogP contribution in [0.15, 0.2) is 42.5 Å². The third-order valence-corrected chi connectivity index (χ3v) is 4.46. The Morgan fingerprint density at radius 2 is 1.86 bits per heavy atom. The number of ether oxygens (including phenoxy) is 1. The summed E-state index contributed by atoms with van der Waals surface area (Å²) in [5.74, 6) is 0.867. The number of hydrogen-bond acceptors (Lipinski definition) is 2. The van der Waals surface area contributed by atoms with Crippen molar-refractivity contribution in [1.29, 1.82) is 0 Å². The molecule has 116 valence electrons. The Labute approximate surface area is 145 Å². The van der Waals surface area contributed by atoms with E-state index in [0.29, 0.717) is 19.4 Å². The van der Waals surface area contributed by atoms with Crippen molar-refractivity contribution in [2.24, 2.45) is 0 Å². The number of aryl methyl sites for hydroxylation is 2. The molecule has 0 atom stereocenters. The van der Waals surface area contributed by atoms with Crippen LogP contribution in [-0.4, -0.2) is 12.5 Å². The molecular weight excluding hydrogens is 389 g/mol. The van der Waals surface area contributed by atoms with E-state index in [9.17, 15) is 4.79 Å². The first kappa shape index (κ1) is 16.8. The molecule has 1 amide bonds. The van der Waals surface area contributed by atoms with E-state index in [-0.39, 0.29) is 5.91 Å². The average molecular weight is 409 g/mol. The van der Waals surface area contributed by atoms with Gasteiger partial charge in [-0.05, 0) is 72.7 Å². The summed E-state index contributed by atoms with van der Waals surface area (Å²) in [4.78, 5) is 11.9. The van der Waals surface area contributed by atoms with Crippen molar-refractivity contribution in [3.05, 3.63) is 57.2 Å². The van der Waals surface area contributed by atoms with Crippen LogP contribution in [0.2, 0.25) is 0 Å². The van der Waals surface area contributed by atoms with Gasteiger partial charge in [0.1, 0.15) is 5.75 Å². The summed E-state index contributed by atoms with van der Waals surface area (Å²) in [7, 11) is 0. The number of carbonyl (C=O) groups is 1. The fourth-order valence-electron chi connectivity index (χ4n) is 1.95.